The van der Waals surface area contributed by atoms with E-state index in [9.17, 15) is 4.79 Å². The summed E-state index contributed by atoms with van der Waals surface area (Å²) < 4.78 is 0. The summed E-state index contributed by atoms with van der Waals surface area (Å²) in [6, 6.07) is 10.7. The molecule has 0 spiro atoms. The molecule has 0 fully saturated rings. The first kappa shape index (κ1) is 11.0. The maximum absolute atomic E-state index is 11.9. The zero-order chi connectivity index (χ0) is 11.3. The predicted molar refractivity (Wildman–Crippen MR) is 58.1 cm³/mol. The van der Waals surface area contributed by atoms with Crippen LogP contribution in [0.2, 0.25) is 0 Å². The van der Waals surface area contributed by atoms with Gasteiger partial charge in [-0.1, -0.05) is 30.3 Å². The third kappa shape index (κ3) is 2.44. The second kappa shape index (κ2) is 4.97. The van der Waals surface area contributed by atoms with Gasteiger partial charge < -0.3 is 5.32 Å². The number of carbonyl (C=O) groups excluding carboxylic acids is 1. The lowest BCUT2D eigenvalue weighted by molar-refractivity contribution is 0.103. The highest BCUT2D eigenvalue weighted by atomic mass is 16.1. The molecule has 0 aliphatic carbocycles. The monoisotopic (exact) mass is 200 g/mol. The van der Waals surface area contributed by atoms with Gasteiger partial charge in [-0.05, 0) is 6.92 Å². The Morgan fingerprint density at radius 2 is 1.93 bits per heavy atom. The topological polar surface area (TPSA) is 52.9 Å². The van der Waals surface area contributed by atoms with E-state index in [4.69, 9.17) is 5.26 Å². The lowest BCUT2D eigenvalue weighted by Crippen LogP contribution is -2.11. The fraction of sp³-hybridized carbons (Fsp3) is 0.167. The van der Waals surface area contributed by atoms with Crippen LogP contribution in [0.5, 0.6) is 0 Å². The number of hydrogen-bond acceptors (Lipinski definition) is 3. The highest BCUT2D eigenvalue weighted by molar-refractivity contribution is 6.11. The summed E-state index contributed by atoms with van der Waals surface area (Å²) in [4.78, 5) is 11.9. The zero-order valence-electron chi connectivity index (χ0n) is 8.74. The lowest BCUT2D eigenvalue weighted by atomic mass is 10.0. The summed E-state index contributed by atoms with van der Waals surface area (Å²) >= 11 is 0. The van der Waals surface area contributed by atoms with Crippen LogP contribution in [0.4, 0.5) is 0 Å². The van der Waals surface area contributed by atoms with Gasteiger partial charge in [0.05, 0.1) is 0 Å². The Kier molecular flexibility index (Phi) is 3.64. The standard InChI is InChI=1S/C12H12N2O/c1-9(14-2)11(8-13)12(15)10-6-4-3-5-7-10/h3-7,14H,1-2H3. The fourth-order valence-electron chi connectivity index (χ4n) is 1.16. The minimum atomic E-state index is -0.245. The van der Waals surface area contributed by atoms with Crippen molar-refractivity contribution < 1.29 is 4.79 Å². The molecule has 0 bridgehead atoms. The van der Waals surface area contributed by atoms with E-state index >= 15 is 0 Å². The van der Waals surface area contributed by atoms with E-state index in [1.165, 1.54) is 0 Å². The van der Waals surface area contributed by atoms with Gasteiger partial charge in [0.2, 0.25) is 5.78 Å². The summed E-state index contributed by atoms with van der Waals surface area (Å²) in [5, 5.41) is 11.7. The Balaban J connectivity index is 3.11. The summed E-state index contributed by atoms with van der Waals surface area (Å²) in [5.74, 6) is -0.245. The molecule has 0 unspecified atom stereocenters. The third-order valence-corrected chi connectivity index (χ3v) is 2.12. The molecule has 3 nitrogen and oxygen atoms in total. The average Bonchev–Trinajstić information content (AvgIpc) is 2.30. The molecule has 0 aliphatic heterocycles. The van der Waals surface area contributed by atoms with Gasteiger partial charge in [0, 0.05) is 18.3 Å². The number of ketones is 1. The molecule has 0 heterocycles. The van der Waals surface area contributed by atoms with Crippen LogP contribution in [0, 0.1) is 11.3 Å². The zero-order valence-corrected chi connectivity index (χ0v) is 8.74. The SMILES string of the molecule is CNC(C)=C(C#N)C(=O)c1ccccc1. The Labute approximate surface area is 89.0 Å². The van der Waals surface area contributed by atoms with Gasteiger partial charge in [0.25, 0.3) is 0 Å². The maximum atomic E-state index is 11.9. The molecule has 0 saturated heterocycles. The quantitative estimate of drug-likeness (QED) is 0.460. The number of rotatable bonds is 3. The van der Waals surface area contributed by atoms with E-state index in [1.807, 2.05) is 12.1 Å². The Hall–Kier alpha value is -2.08. The number of allylic oxidation sites excluding steroid dienone is 2. The summed E-state index contributed by atoms with van der Waals surface area (Å²) in [5.41, 5.74) is 1.28. The maximum Gasteiger partial charge on any atom is 0.205 e. The van der Waals surface area contributed by atoms with Gasteiger partial charge in [-0.3, -0.25) is 4.79 Å². The first-order valence-electron chi connectivity index (χ1n) is 4.59. The number of benzene rings is 1. The molecule has 0 radical (unpaired) electrons. The van der Waals surface area contributed by atoms with Crippen LogP contribution >= 0.6 is 0 Å². The molecule has 15 heavy (non-hydrogen) atoms. The predicted octanol–water partition coefficient (Wildman–Crippen LogP) is 1.89. The van der Waals surface area contributed by atoms with Gasteiger partial charge in [-0.25, -0.2) is 0 Å². The summed E-state index contributed by atoms with van der Waals surface area (Å²) in [7, 11) is 1.69. The minimum Gasteiger partial charge on any atom is -0.390 e. The van der Waals surface area contributed by atoms with Gasteiger partial charge >= 0.3 is 0 Å². The van der Waals surface area contributed by atoms with Crippen molar-refractivity contribution in [3.05, 3.63) is 47.2 Å². The van der Waals surface area contributed by atoms with Crippen LogP contribution in [-0.2, 0) is 0 Å². The Morgan fingerprint density at radius 3 is 2.40 bits per heavy atom. The van der Waals surface area contributed by atoms with Crippen molar-refractivity contribution in [3.8, 4) is 6.07 Å². The first-order valence-corrected chi connectivity index (χ1v) is 4.59. The van der Waals surface area contributed by atoms with Gasteiger partial charge in [-0.15, -0.1) is 0 Å². The Bertz CT molecular complexity index is 427. The van der Waals surface area contributed by atoms with E-state index in [0.717, 1.165) is 0 Å². The largest absolute Gasteiger partial charge is 0.390 e. The van der Waals surface area contributed by atoms with Crippen LogP contribution in [-0.4, -0.2) is 12.8 Å². The molecule has 0 atom stereocenters. The Morgan fingerprint density at radius 1 is 1.33 bits per heavy atom. The van der Waals surface area contributed by atoms with E-state index in [2.05, 4.69) is 5.32 Å². The van der Waals surface area contributed by atoms with E-state index in [1.54, 1.807) is 38.2 Å². The molecule has 1 aromatic rings. The molecular formula is C12H12N2O. The molecule has 0 aliphatic rings. The van der Waals surface area contributed by atoms with Crippen molar-refractivity contribution in [1.82, 2.24) is 5.32 Å². The number of hydrogen-bond donors (Lipinski definition) is 1. The summed E-state index contributed by atoms with van der Waals surface area (Å²) in [6.07, 6.45) is 0. The second-order valence-electron chi connectivity index (χ2n) is 3.06. The molecule has 0 saturated carbocycles. The number of nitriles is 1. The number of nitrogens with one attached hydrogen (secondary N) is 1. The molecule has 1 aromatic carbocycles. The molecule has 0 aromatic heterocycles. The third-order valence-electron chi connectivity index (χ3n) is 2.12. The average molecular weight is 200 g/mol. The van der Waals surface area contributed by atoms with Crippen molar-refractivity contribution in [2.75, 3.05) is 7.05 Å². The van der Waals surface area contributed by atoms with E-state index < -0.39 is 0 Å². The van der Waals surface area contributed by atoms with Crippen LogP contribution in [0.3, 0.4) is 0 Å². The molecule has 1 N–H and O–H groups in total. The van der Waals surface area contributed by atoms with Crippen LogP contribution in [0.25, 0.3) is 0 Å². The van der Waals surface area contributed by atoms with E-state index in [-0.39, 0.29) is 11.4 Å². The highest BCUT2D eigenvalue weighted by Crippen LogP contribution is 2.09. The molecule has 0 amide bonds. The van der Waals surface area contributed by atoms with Crippen molar-refractivity contribution >= 4 is 5.78 Å². The molecular weight excluding hydrogens is 188 g/mol. The van der Waals surface area contributed by atoms with Gasteiger partial charge in [0.15, 0.2) is 0 Å². The highest BCUT2D eigenvalue weighted by Gasteiger charge is 2.13. The fourth-order valence-corrected chi connectivity index (χ4v) is 1.16. The number of nitrogens with zero attached hydrogens (tertiary/aromatic N) is 1. The lowest BCUT2D eigenvalue weighted by Gasteiger charge is -2.03. The van der Waals surface area contributed by atoms with Crippen molar-refractivity contribution in [1.29, 1.82) is 5.26 Å². The van der Waals surface area contributed by atoms with Gasteiger partial charge in [-0.2, -0.15) is 5.26 Å². The minimum absolute atomic E-state index is 0.156. The van der Waals surface area contributed by atoms with Gasteiger partial charge in [0.1, 0.15) is 11.6 Å². The summed E-state index contributed by atoms with van der Waals surface area (Å²) in [6.45, 7) is 1.71. The van der Waals surface area contributed by atoms with Crippen LogP contribution in [0.15, 0.2) is 41.6 Å². The molecule has 76 valence electrons. The van der Waals surface area contributed by atoms with Crippen molar-refractivity contribution in [3.63, 3.8) is 0 Å². The number of carbonyl (C=O) groups is 1. The number of Topliss-reactive ketones (excluding diaryl/α,β-unsaturated/α-hetero) is 1. The molecule has 1 rings (SSSR count). The second-order valence-corrected chi connectivity index (χ2v) is 3.06. The van der Waals surface area contributed by atoms with Crippen molar-refractivity contribution in [2.24, 2.45) is 0 Å². The first-order chi connectivity index (χ1) is 7.20. The van der Waals surface area contributed by atoms with Crippen LogP contribution in [0.1, 0.15) is 17.3 Å². The molecule has 3 heteroatoms. The van der Waals surface area contributed by atoms with Crippen LogP contribution < -0.4 is 5.32 Å². The van der Waals surface area contributed by atoms with E-state index in [0.29, 0.717) is 11.3 Å². The smallest absolute Gasteiger partial charge is 0.205 e. The normalized spacial score (nSPS) is 11.3. The van der Waals surface area contributed by atoms with Crippen molar-refractivity contribution in [2.45, 2.75) is 6.92 Å².